The predicted octanol–water partition coefficient (Wildman–Crippen LogP) is 5.48. The monoisotopic (exact) mass is 433 g/mol. The highest BCUT2D eigenvalue weighted by Gasteiger charge is 2.15. The van der Waals surface area contributed by atoms with Crippen molar-refractivity contribution in [1.29, 1.82) is 0 Å². The van der Waals surface area contributed by atoms with Gasteiger partial charge < -0.3 is 4.74 Å². The molecule has 4 nitrogen and oxygen atoms in total. The largest absolute Gasteiger partial charge is 0.497 e. The molecule has 0 fully saturated rings. The van der Waals surface area contributed by atoms with Gasteiger partial charge in [0.1, 0.15) is 26.6 Å². The minimum atomic E-state index is 0.767. The number of halogens is 2. The van der Waals surface area contributed by atoms with E-state index in [0.717, 1.165) is 32.3 Å². The molecule has 3 rings (SSSR count). The van der Waals surface area contributed by atoms with Crippen molar-refractivity contribution in [3.8, 4) is 5.75 Å². The average Bonchev–Trinajstić information content (AvgIpc) is 2.56. The Kier molecular flexibility index (Phi) is 4.93. The van der Waals surface area contributed by atoms with Gasteiger partial charge in [-0.1, -0.05) is 12.1 Å². The summed E-state index contributed by atoms with van der Waals surface area (Å²) in [4.78, 5) is 11.1. The Morgan fingerprint density at radius 2 is 1.30 bits per heavy atom. The summed E-state index contributed by atoms with van der Waals surface area (Å²) >= 11 is 6.85. The van der Waals surface area contributed by atoms with Crippen LogP contribution in [-0.2, 0) is 0 Å². The van der Waals surface area contributed by atoms with Crippen LogP contribution >= 0.6 is 31.9 Å². The van der Waals surface area contributed by atoms with Crippen molar-refractivity contribution >= 4 is 49.2 Å². The summed E-state index contributed by atoms with van der Waals surface area (Å²) in [6, 6.07) is 19.3. The van der Waals surface area contributed by atoms with Gasteiger partial charge in [-0.2, -0.15) is 0 Å². The molecule has 0 spiro atoms. The Morgan fingerprint density at radius 1 is 0.783 bits per heavy atom. The van der Waals surface area contributed by atoms with Crippen LogP contribution in [0.4, 0.5) is 17.3 Å². The molecule has 0 unspecified atom stereocenters. The first kappa shape index (κ1) is 16.0. The number of rotatable bonds is 4. The lowest BCUT2D eigenvalue weighted by atomic mass is 10.2. The molecule has 0 bridgehead atoms. The van der Waals surface area contributed by atoms with Crippen LogP contribution in [0, 0.1) is 0 Å². The van der Waals surface area contributed by atoms with Crippen molar-refractivity contribution in [3.63, 3.8) is 0 Å². The van der Waals surface area contributed by atoms with Gasteiger partial charge in [0.2, 0.25) is 0 Å². The number of methoxy groups -OCH3 is 1. The van der Waals surface area contributed by atoms with Crippen LogP contribution in [0.2, 0.25) is 0 Å². The van der Waals surface area contributed by atoms with Gasteiger partial charge in [-0.25, -0.2) is 9.97 Å². The number of anilines is 3. The fourth-order valence-corrected chi connectivity index (χ4v) is 2.83. The second-order valence-electron chi connectivity index (χ2n) is 4.67. The molecular weight excluding hydrogens is 422 g/mol. The van der Waals surface area contributed by atoms with Crippen LogP contribution in [-0.4, -0.2) is 17.1 Å². The number of hydrogen-bond acceptors (Lipinski definition) is 4. The van der Waals surface area contributed by atoms with Gasteiger partial charge >= 0.3 is 0 Å². The van der Waals surface area contributed by atoms with E-state index in [1.54, 1.807) is 7.11 Å². The number of nitrogens with zero attached hydrogens (tertiary/aromatic N) is 3. The zero-order valence-electron chi connectivity index (χ0n) is 12.3. The number of ether oxygens (including phenoxy) is 1. The summed E-state index contributed by atoms with van der Waals surface area (Å²) in [7, 11) is 1.65. The highest BCUT2D eigenvalue weighted by Crippen LogP contribution is 2.33. The van der Waals surface area contributed by atoms with Crippen molar-refractivity contribution in [3.05, 3.63) is 69.9 Å². The van der Waals surface area contributed by atoms with Crippen LogP contribution in [0.3, 0.4) is 0 Å². The van der Waals surface area contributed by atoms with Crippen LogP contribution in [0.1, 0.15) is 0 Å². The number of aromatic nitrogens is 2. The first-order valence-corrected chi connectivity index (χ1v) is 8.45. The van der Waals surface area contributed by atoms with Crippen LogP contribution < -0.4 is 9.64 Å². The van der Waals surface area contributed by atoms with E-state index in [-0.39, 0.29) is 0 Å². The van der Waals surface area contributed by atoms with E-state index in [2.05, 4.69) is 41.8 Å². The van der Waals surface area contributed by atoms with E-state index in [4.69, 9.17) is 4.74 Å². The minimum absolute atomic E-state index is 0.767. The Balaban J connectivity index is 2.12. The summed E-state index contributed by atoms with van der Waals surface area (Å²) in [5.41, 5.74) is 0.946. The van der Waals surface area contributed by atoms with E-state index >= 15 is 0 Å². The normalized spacial score (nSPS) is 10.4. The maximum atomic E-state index is 5.23. The highest BCUT2D eigenvalue weighted by molar-refractivity contribution is 9.10. The molecule has 0 radical (unpaired) electrons. The number of pyridine rings is 2. The average molecular weight is 435 g/mol. The Morgan fingerprint density at radius 3 is 1.74 bits per heavy atom. The molecule has 2 aromatic heterocycles. The summed E-state index contributed by atoms with van der Waals surface area (Å²) in [5.74, 6) is 2.35. The zero-order chi connectivity index (χ0) is 16.2. The second kappa shape index (κ2) is 7.10. The third-order valence-electron chi connectivity index (χ3n) is 3.19. The molecule has 0 aliphatic rings. The molecule has 0 saturated heterocycles. The summed E-state index contributed by atoms with van der Waals surface area (Å²) in [6.45, 7) is 0. The molecule has 2 heterocycles. The number of hydrogen-bond donors (Lipinski definition) is 0. The Hall–Kier alpha value is -1.92. The third-order valence-corrected chi connectivity index (χ3v) is 4.07. The molecule has 1 aromatic carbocycles. The second-order valence-corrected chi connectivity index (χ2v) is 6.30. The molecule has 0 amide bonds. The van der Waals surface area contributed by atoms with Gasteiger partial charge in [0.15, 0.2) is 0 Å². The van der Waals surface area contributed by atoms with Gasteiger partial charge in [0, 0.05) is 5.69 Å². The van der Waals surface area contributed by atoms with Gasteiger partial charge in [-0.15, -0.1) is 0 Å². The van der Waals surface area contributed by atoms with Crippen molar-refractivity contribution in [2.24, 2.45) is 0 Å². The van der Waals surface area contributed by atoms with E-state index in [1.165, 1.54) is 0 Å². The molecule has 0 aliphatic heterocycles. The van der Waals surface area contributed by atoms with Crippen molar-refractivity contribution in [2.75, 3.05) is 12.0 Å². The van der Waals surface area contributed by atoms with Crippen molar-refractivity contribution < 1.29 is 4.74 Å². The summed E-state index contributed by atoms with van der Waals surface area (Å²) in [6.07, 6.45) is 0. The van der Waals surface area contributed by atoms with E-state index in [1.807, 2.05) is 65.6 Å². The maximum Gasteiger partial charge on any atom is 0.140 e. The lowest BCUT2D eigenvalue weighted by Crippen LogP contribution is -2.13. The Bertz CT molecular complexity index is 763. The smallest absolute Gasteiger partial charge is 0.140 e. The van der Waals surface area contributed by atoms with Crippen molar-refractivity contribution in [1.82, 2.24) is 9.97 Å². The standard InChI is InChI=1S/C17H13Br2N3O/c1-23-13-10-8-12(9-11-13)22(16-6-2-4-14(18)20-16)17-7-3-5-15(19)21-17/h2-11H,1H3. The lowest BCUT2D eigenvalue weighted by Gasteiger charge is -2.23. The van der Waals surface area contributed by atoms with Gasteiger partial charge in [-0.05, 0) is 80.4 Å². The predicted molar refractivity (Wildman–Crippen MR) is 98.7 cm³/mol. The Labute approximate surface area is 151 Å². The molecule has 6 heteroatoms. The summed E-state index contributed by atoms with van der Waals surface area (Å²) < 4.78 is 6.77. The number of benzene rings is 1. The molecule has 3 aromatic rings. The first-order valence-electron chi connectivity index (χ1n) is 6.86. The lowest BCUT2D eigenvalue weighted by molar-refractivity contribution is 0.415. The molecule has 0 atom stereocenters. The van der Waals surface area contributed by atoms with Crippen molar-refractivity contribution in [2.45, 2.75) is 0 Å². The van der Waals surface area contributed by atoms with Crippen LogP contribution in [0.25, 0.3) is 0 Å². The molecule has 0 saturated carbocycles. The van der Waals surface area contributed by atoms with Gasteiger partial charge in [0.05, 0.1) is 7.11 Å². The van der Waals surface area contributed by atoms with Gasteiger partial charge in [-0.3, -0.25) is 4.90 Å². The maximum absolute atomic E-state index is 5.23. The third kappa shape index (κ3) is 3.71. The topological polar surface area (TPSA) is 38.2 Å². The SMILES string of the molecule is COc1ccc(N(c2cccc(Br)n2)c2cccc(Br)n2)cc1. The molecule has 0 aliphatic carbocycles. The molecular formula is C17H13Br2N3O. The van der Waals surface area contributed by atoms with Gasteiger partial charge in [0.25, 0.3) is 0 Å². The quantitative estimate of drug-likeness (QED) is 0.509. The fourth-order valence-electron chi connectivity index (χ4n) is 2.16. The van der Waals surface area contributed by atoms with E-state index in [0.29, 0.717) is 0 Å². The fraction of sp³-hybridized carbons (Fsp3) is 0.0588. The zero-order valence-corrected chi connectivity index (χ0v) is 15.5. The van der Waals surface area contributed by atoms with E-state index < -0.39 is 0 Å². The van der Waals surface area contributed by atoms with Crippen LogP contribution in [0.15, 0.2) is 69.9 Å². The summed E-state index contributed by atoms with van der Waals surface area (Å²) in [5, 5.41) is 0. The molecule has 116 valence electrons. The molecule has 0 N–H and O–H groups in total. The van der Waals surface area contributed by atoms with Crippen LogP contribution in [0.5, 0.6) is 5.75 Å². The minimum Gasteiger partial charge on any atom is -0.497 e. The highest BCUT2D eigenvalue weighted by atomic mass is 79.9. The first-order chi connectivity index (χ1) is 11.2. The van der Waals surface area contributed by atoms with E-state index in [9.17, 15) is 0 Å². The molecule has 23 heavy (non-hydrogen) atoms.